The van der Waals surface area contributed by atoms with Gasteiger partial charge in [0.05, 0.1) is 21.3 Å². The first-order valence-electron chi connectivity index (χ1n) is 11.8. The van der Waals surface area contributed by atoms with Crippen LogP contribution in [0.1, 0.15) is 11.1 Å². The third-order valence-electron chi connectivity index (χ3n) is 5.92. The highest BCUT2D eigenvalue weighted by atomic mass is 16.7. The molecule has 0 spiro atoms. The van der Waals surface area contributed by atoms with Crippen molar-refractivity contribution in [1.29, 1.82) is 0 Å². The molecule has 1 aliphatic rings. The maximum Gasteiger partial charge on any atom is 0.330 e. The maximum absolute atomic E-state index is 12.3. The molecule has 2 aromatic rings. The Morgan fingerprint density at radius 1 is 0.897 bits per heavy atom. The Morgan fingerprint density at radius 2 is 1.46 bits per heavy atom. The molecule has 39 heavy (non-hydrogen) atoms. The molecule has 1 saturated heterocycles. The quantitative estimate of drug-likeness (QED) is 0.155. The van der Waals surface area contributed by atoms with Crippen LogP contribution < -0.4 is 18.9 Å². The smallest absolute Gasteiger partial charge is 0.330 e. The van der Waals surface area contributed by atoms with Gasteiger partial charge < -0.3 is 54.0 Å². The van der Waals surface area contributed by atoms with E-state index in [2.05, 4.69) is 6.58 Å². The van der Waals surface area contributed by atoms with Gasteiger partial charge in [0.25, 0.3) is 0 Å². The summed E-state index contributed by atoms with van der Waals surface area (Å²) >= 11 is 0. The predicted molar refractivity (Wildman–Crippen MR) is 137 cm³/mol. The zero-order valence-corrected chi connectivity index (χ0v) is 21.6. The molecule has 212 valence electrons. The molecule has 2 aromatic carbocycles. The largest absolute Gasteiger partial charge is 0.502 e. The van der Waals surface area contributed by atoms with Gasteiger partial charge in [-0.2, -0.15) is 0 Å². The standard InChI is InChI=1S/C27H32O12/c1-5-6-14-9-18(36-4)23(30)19(12-14)38-27-26(33)25(32)24(31)20(39-27)13-37-21(28)8-7-15-10-16(34-2)22(29)17(11-15)35-3/h5,7-12,20,24-27,29-33H,1,6,13H2,2-4H3/b8-7+/t20-,24-,25+,26-,27-/m1/s1. The van der Waals surface area contributed by atoms with E-state index in [1.165, 1.54) is 45.6 Å². The van der Waals surface area contributed by atoms with E-state index in [4.69, 9.17) is 28.4 Å². The van der Waals surface area contributed by atoms with Gasteiger partial charge in [-0.3, -0.25) is 0 Å². The normalized spacial score (nSPS) is 22.8. The van der Waals surface area contributed by atoms with Crippen molar-refractivity contribution in [3.05, 3.63) is 54.1 Å². The third-order valence-corrected chi connectivity index (χ3v) is 5.92. The Labute approximate surface area is 224 Å². The summed E-state index contributed by atoms with van der Waals surface area (Å²) in [5, 5.41) is 51.6. The van der Waals surface area contributed by atoms with Gasteiger partial charge in [0.15, 0.2) is 23.0 Å². The monoisotopic (exact) mass is 548 g/mol. The fourth-order valence-electron chi connectivity index (χ4n) is 3.83. The minimum atomic E-state index is -1.71. The highest BCUT2D eigenvalue weighted by Gasteiger charge is 2.45. The fourth-order valence-corrected chi connectivity index (χ4v) is 3.83. The van der Waals surface area contributed by atoms with Gasteiger partial charge in [0.1, 0.15) is 31.0 Å². The zero-order valence-electron chi connectivity index (χ0n) is 21.6. The van der Waals surface area contributed by atoms with E-state index in [1.807, 2.05) is 0 Å². The molecule has 0 saturated carbocycles. The van der Waals surface area contributed by atoms with Gasteiger partial charge in [-0.25, -0.2) is 4.79 Å². The lowest BCUT2D eigenvalue weighted by Crippen LogP contribution is -2.60. The summed E-state index contributed by atoms with van der Waals surface area (Å²) in [6.45, 7) is 3.17. The van der Waals surface area contributed by atoms with Crippen LogP contribution in [0.2, 0.25) is 0 Å². The minimum Gasteiger partial charge on any atom is -0.502 e. The molecule has 12 heteroatoms. The number of methoxy groups -OCH3 is 3. The van der Waals surface area contributed by atoms with Crippen LogP contribution in [-0.4, -0.2) is 90.1 Å². The number of hydrogen-bond donors (Lipinski definition) is 5. The summed E-state index contributed by atoms with van der Waals surface area (Å²) in [5.41, 5.74) is 1.15. The topological polar surface area (TPSA) is 174 Å². The van der Waals surface area contributed by atoms with Gasteiger partial charge in [-0.15, -0.1) is 6.58 Å². The molecular formula is C27H32O12. The molecule has 5 N–H and O–H groups in total. The molecule has 0 aliphatic carbocycles. The van der Waals surface area contributed by atoms with Gasteiger partial charge in [-0.1, -0.05) is 6.08 Å². The van der Waals surface area contributed by atoms with Crippen LogP contribution in [0.4, 0.5) is 0 Å². The number of allylic oxidation sites excluding steroid dienone is 1. The lowest BCUT2D eigenvalue weighted by molar-refractivity contribution is -0.278. The highest BCUT2D eigenvalue weighted by molar-refractivity contribution is 5.87. The number of aliphatic hydroxyl groups is 3. The van der Waals surface area contributed by atoms with E-state index in [-0.39, 0.29) is 34.5 Å². The highest BCUT2D eigenvalue weighted by Crippen LogP contribution is 2.40. The third kappa shape index (κ3) is 6.92. The molecule has 3 rings (SSSR count). The molecule has 1 heterocycles. The van der Waals surface area contributed by atoms with Gasteiger partial charge in [-0.05, 0) is 47.9 Å². The summed E-state index contributed by atoms with van der Waals surface area (Å²) in [6.07, 6.45) is -3.28. The average Bonchev–Trinajstić information content (AvgIpc) is 2.93. The molecule has 5 atom stereocenters. The first-order chi connectivity index (χ1) is 18.6. The molecule has 1 aliphatic heterocycles. The molecule has 12 nitrogen and oxygen atoms in total. The van der Waals surface area contributed by atoms with Crippen molar-refractivity contribution in [2.75, 3.05) is 27.9 Å². The lowest BCUT2D eigenvalue weighted by Gasteiger charge is -2.40. The van der Waals surface area contributed by atoms with E-state index in [1.54, 1.807) is 12.1 Å². The van der Waals surface area contributed by atoms with E-state index >= 15 is 0 Å². The van der Waals surface area contributed by atoms with Crippen LogP contribution in [0.5, 0.6) is 34.5 Å². The number of phenolic OH excluding ortho intramolecular Hbond substituents is 2. The first-order valence-corrected chi connectivity index (χ1v) is 11.8. The number of carbonyl (C=O) groups is 1. The Morgan fingerprint density at radius 3 is 2.05 bits per heavy atom. The lowest BCUT2D eigenvalue weighted by atomic mass is 9.99. The van der Waals surface area contributed by atoms with Crippen LogP contribution in [0.15, 0.2) is 43.0 Å². The van der Waals surface area contributed by atoms with Gasteiger partial charge >= 0.3 is 5.97 Å². The summed E-state index contributed by atoms with van der Waals surface area (Å²) < 4.78 is 31.7. The predicted octanol–water partition coefficient (Wildman–Crippen LogP) is 1.30. The second-order valence-electron chi connectivity index (χ2n) is 8.51. The molecule has 0 aromatic heterocycles. The summed E-state index contributed by atoms with van der Waals surface area (Å²) in [5.74, 6) is -1.09. The van der Waals surface area contributed by atoms with Crippen molar-refractivity contribution >= 4 is 12.0 Å². The number of aromatic hydroxyl groups is 2. The van der Waals surface area contributed by atoms with Crippen LogP contribution in [-0.2, 0) is 20.7 Å². The summed E-state index contributed by atoms with van der Waals surface area (Å²) in [7, 11) is 4.09. The number of rotatable bonds is 11. The molecular weight excluding hydrogens is 516 g/mol. The van der Waals surface area contributed by atoms with Crippen LogP contribution in [0.25, 0.3) is 6.08 Å². The fraction of sp³-hybridized carbons (Fsp3) is 0.370. The molecule has 0 radical (unpaired) electrons. The van der Waals surface area contributed by atoms with Crippen molar-refractivity contribution in [3.63, 3.8) is 0 Å². The number of ether oxygens (including phenoxy) is 6. The van der Waals surface area contributed by atoms with Crippen molar-refractivity contribution < 1.29 is 58.7 Å². The van der Waals surface area contributed by atoms with Crippen LogP contribution >= 0.6 is 0 Å². The number of esters is 1. The number of aliphatic hydroxyl groups excluding tert-OH is 3. The Balaban J connectivity index is 1.70. The van der Waals surface area contributed by atoms with Gasteiger partial charge in [0.2, 0.25) is 17.8 Å². The second kappa shape index (κ2) is 13.2. The molecule has 0 bridgehead atoms. The number of benzene rings is 2. The molecule has 1 fully saturated rings. The number of phenols is 2. The number of carbonyl (C=O) groups excluding carboxylic acids is 1. The minimum absolute atomic E-state index is 0.0997. The average molecular weight is 549 g/mol. The maximum atomic E-state index is 12.3. The van der Waals surface area contributed by atoms with E-state index < -0.39 is 43.3 Å². The van der Waals surface area contributed by atoms with E-state index in [0.29, 0.717) is 17.5 Å². The summed E-state index contributed by atoms with van der Waals surface area (Å²) in [6, 6.07) is 6.02. The van der Waals surface area contributed by atoms with E-state index in [9.17, 15) is 30.3 Å². The SMILES string of the molecule is C=CCc1cc(OC)c(O)c(O[C@@H]2O[C@H](COC(=O)/C=C/c3cc(OC)c(O)c(OC)c3)[C@@H](O)[C@H](O)[C@H]2O)c1. The van der Waals surface area contributed by atoms with Crippen LogP contribution in [0.3, 0.4) is 0 Å². The zero-order chi connectivity index (χ0) is 28.7. The number of hydrogen-bond acceptors (Lipinski definition) is 12. The van der Waals surface area contributed by atoms with Crippen molar-refractivity contribution in [1.82, 2.24) is 0 Å². The van der Waals surface area contributed by atoms with Gasteiger partial charge in [0, 0.05) is 6.08 Å². The first kappa shape index (κ1) is 29.6. The van der Waals surface area contributed by atoms with Crippen molar-refractivity contribution in [3.8, 4) is 34.5 Å². The Bertz CT molecular complexity index is 1170. The summed E-state index contributed by atoms with van der Waals surface area (Å²) in [4.78, 5) is 12.3. The second-order valence-corrected chi connectivity index (χ2v) is 8.51. The van der Waals surface area contributed by atoms with E-state index in [0.717, 1.165) is 6.08 Å². The Hall–Kier alpha value is -3.97. The molecule has 0 unspecified atom stereocenters. The molecule has 0 amide bonds. The van der Waals surface area contributed by atoms with Crippen LogP contribution in [0, 0.1) is 0 Å². The van der Waals surface area contributed by atoms with Crippen molar-refractivity contribution in [2.24, 2.45) is 0 Å². The van der Waals surface area contributed by atoms with Crippen molar-refractivity contribution in [2.45, 2.75) is 37.1 Å². The Kier molecular flexibility index (Phi) is 10.0.